The van der Waals surface area contributed by atoms with E-state index in [2.05, 4.69) is 16.3 Å². The van der Waals surface area contributed by atoms with Crippen molar-refractivity contribution in [3.8, 4) is 11.8 Å². The van der Waals surface area contributed by atoms with Crippen LogP contribution in [0.15, 0.2) is 54.7 Å². The molecule has 0 spiro atoms. The van der Waals surface area contributed by atoms with Crippen molar-refractivity contribution in [2.45, 2.75) is 64.6 Å². The van der Waals surface area contributed by atoms with Gasteiger partial charge in [0.2, 0.25) is 5.60 Å². The Morgan fingerprint density at radius 2 is 1.72 bits per heavy atom. The van der Waals surface area contributed by atoms with E-state index in [0.717, 1.165) is 0 Å². The number of esters is 3. The first-order valence-corrected chi connectivity index (χ1v) is 17.4. The number of hydrogen-bond acceptors (Lipinski definition) is 13. The summed E-state index contributed by atoms with van der Waals surface area (Å²) in [5.41, 5.74) is 5.40. The number of para-hydroxylation sites is 1. The van der Waals surface area contributed by atoms with Crippen LogP contribution in [-0.4, -0.2) is 65.1 Å². The van der Waals surface area contributed by atoms with Gasteiger partial charge in [0.05, 0.1) is 35.8 Å². The first kappa shape index (κ1) is 35.8. The molecule has 0 radical (unpaired) electrons. The summed E-state index contributed by atoms with van der Waals surface area (Å²) in [6.45, 7) is 3.73. The zero-order valence-electron chi connectivity index (χ0n) is 26.8. The molecule has 1 fully saturated rings. The molecule has 47 heavy (non-hydrogen) atoms. The Labute approximate surface area is 277 Å². The molecule has 6 atom stereocenters. The number of nitrogens with one attached hydrogen (secondary N) is 1. The zero-order valence-corrected chi connectivity index (χ0v) is 28.5. The second-order valence-corrected chi connectivity index (χ2v) is 14.6. The number of methoxy groups -OCH3 is 1. The fourth-order valence-electron chi connectivity index (χ4n) is 4.70. The van der Waals surface area contributed by atoms with E-state index >= 15 is 0 Å². The molecule has 2 aromatic heterocycles. The number of nitrogen functional groups attached to an aromatic ring is 1. The largest absolute Gasteiger partial charge is 0.468 e. The number of rotatable bonds is 13. The SMILES string of the molecule is COC(=O)[C@H](C)NP(=S)(OC[C@@]1(C#N)O[C@@H](c2ccc3c(N)ccnn23)[C@H](OC(=O)C(C)C)[C@@H]1OC(=O)C(C)C)Oc1ccccc1. The van der Waals surface area contributed by atoms with Gasteiger partial charge in [0.25, 0.3) is 0 Å². The van der Waals surface area contributed by atoms with Crippen molar-refractivity contribution in [2.75, 3.05) is 19.5 Å². The highest BCUT2D eigenvalue weighted by molar-refractivity contribution is 8.09. The number of ether oxygens (including phenoxy) is 4. The predicted molar refractivity (Wildman–Crippen MR) is 173 cm³/mol. The van der Waals surface area contributed by atoms with E-state index in [4.69, 9.17) is 45.5 Å². The van der Waals surface area contributed by atoms with Crippen molar-refractivity contribution in [2.24, 2.45) is 11.8 Å². The highest BCUT2D eigenvalue weighted by Crippen LogP contribution is 2.50. The molecule has 1 aliphatic heterocycles. The number of aromatic nitrogens is 2. The minimum Gasteiger partial charge on any atom is -0.468 e. The molecule has 1 unspecified atom stereocenters. The summed E-state index contributed by atoms with van der Waals surface area (Å²) in [7, 11) is 1.22. The lowest BCUT2D eigenvalue weighted by atomic mass is 9.95. The van der Waals surface area contributed by atoms with E-state index in [0.29, 0.717) is 22.6 Å². The molecule has 0 amide bonds. The van der Waals surface area contributed by atoms with E-state index < -0.39 is 72.9 Å². The predicted octanol–water partition coefficient (Wildman–Crippen LogP) is 3.86. The van der Waals surface area contributed by atoms with Gasteiger partial charge in [-0.25, -0.2) is 9.60 Å². The third kappa shape index (κ3) is 7.91. The molecule has 0 aliphatic carbocycles. The first-order valence-electron chi connectivity index (χ1n) is 14.8. The summed E-state index contributed by atoms with van der Waals surface area (Å²) in [6.07, 6.45) is -2.53. The van der Waals surface area contributed by atoms with E-state index in [1.165, 1.54) is 24.7 Å². The molecule has 1 aromatic carbocycles. The van der Waals surface area contributed by atoms with Gasteiger partial charge in [-0.05, 0) is 49.1 Å². The van der Waals surface area contributed by atoms with Crippen molar-refractivity contribution in [3.05, 3.63) is 60.4 Å². The number of nitrogens with zero attached hydrogens (tertiary/aromatic N) is 3. The summed E-state index contributed by atoms with van der Waals surface area (Å²) in [4.78, 5) is 38.5. The third-order valence-corrected chi connectivity index (χ3v) is 9.73. The number of anilines is 1. The monoisotopic (exact) mass is 687 g/mol. The highest BCUT2D eigenvalue weighted by atomic mass is 32.5. The maximum Gasteiger partial charge on any atom is 0.323 e. The van der Waals surface area contributed by atoms with Gasteiger partial charge in [-0.2, -0.15) is 10.4 Å². The zero-order chi connectivity index (χ0) is 34.5. The summed E-state index contributed by atoms with van der Waals surface area (Å²) in [6, 6.07) is 14.6. The molecule has 14 nitrogen and oxygen atoms in total. The molecule has 252 valence electrons. The number of carbonyl (C=O) groups is 3. The minimum atomic E-state index is -3.67. The van der Waals surface area contributed by atoms with E-state index in [-0.39, 0.29) is 0 Å². The smallest absolute Gasteiger partial charge is 0.323 e. The highest BCUT2D eigenvalue weighted by Gasteiger charge is 2.62. The minimum absolute atomic E-state index is 0.325. The average Bonchev–Trinajstić information content (AvgIpc) is 3.60. The van der Waals surface area contributed by atoms with Crippen molar-refractivity contribution < 1.29 is 42.4 Å². The Morgan fingerprint density at radius 1 is 1.06 bits per heavy atom. The maximum absolute atomic E-state index is 13.1. The lowest BCUT2D eigenvalue weighted by Crippen LogP contribution is -2.50. The van der Waals surface area contributed by atoms with Crippen molar-refractivity contribution in [1.29, 1.82) is 5.26 Å². The van der Waals surface area contributed by atoms with Gasteiger partial charge in [0, 0.05) is 6.20 Å². The lowest BCUT2D eigenvalue weighted by molar-refractivity contribution is -0.173. The molecular weight excluding hydrogens is 649 g/mol. The molecule has 0 saturated carbocycles. The number of fused-ring (bicyclic) bond motifs is 1. The molecule has 1 saturated heterocycles. The van der Waals surface area contributed by atoms with Crippen LogP contribution in [0.2, 0.25) is 0 Å². The Bertz CT molecular complexity index is 1700. The Kier molecular flexibility index (Phi) is 11.3. The van der Waals surface area contributed by atoms with Gasteiger partial charge in [-0.1, -0.05) is 45.9 Å². The van der Waals surface area contributed by atoms with Gasteiger partial charge < -0.3 is 33.7 Å². The molecule has 1 aliphatic rings. The quantitative estimate of drug-likeness (QED) is 0.150. The van der Waals surface area contributed by atoms with Crippen LogP contribution in [0.25, 0.3) is 5.52 Å². The van der Waals surface area contributed by atoms with Gasteiger partial charge in [0.15, 0.2) is 12.2 Å². The second kappa shape index (κ2) is 14.8. The standard InChI is InChI=1S/C31H38N5O9PS/c1-18(2)28(37)42-26-25(24-13-12-23-22(33)14-15-34-36(23)24)44-31(16-32,27(26)43-29(38)19(3)4)17-41-46(47,35-20(5)30(39)40-6)45-21-10-8-7-9-11-21/h7-15,18-20,25-27H,17,33H2,1-6H3,(H,35,47)/t20-,25-,26-,27-,31+,46?/m0/s1. The number of benzene rings is 1. The van der Waals surface area contributed by atoms with Crippen molar-refractivity contribution >= 4 is 47.6 Å². The molecule has 3 N–H and O–H groups in total. The summed E-state index contributed by atoms with van der Waals surface area (Å²) >= 11 is 5.81. The van der Waals surface area contributed by atoms with E-state index in [1.807, 2.05) is 0 Å². The van der Waals surface area contributed by atoms with Crippen LogP contribution in [0.5, 0.6) is 5.75 Å². The summed E-state index contributed by atoms with van der Waals surface area (Å²) < 4.78 is 36.9. The molecular formula is C31H38N5O9PS. The van der Waals surface area contributed by atoms with Crippen LogP contribution in [0.4, 0.5) is 5.69 Å². The molecule has 4 rings (SSSR count). The Hall–Kier alpha value is -4.06. The lowest BCUT2D eigenvalue weighted by Gasteiger charge is -2.32. The number of nitrogens with two attached hydrogens (primary N) is 1. The van der Waals surface area contributed by atoms with Crippen LogP contribution in [-0.2, 0) is 49.7 Å². The number of nitriles is 1. The normalized spacial score (nSPS) is 22.7. The van der Waals surface area contributed by atoms with Crippen LogP contribution >= 0.6 is 6.64 Å². The molecule has 0 bridgehead atoms. The molecule has 3 aromatic rings. The van der Waals surface area contributed by atoms with Crippen LogP contribution < -0.4 is 15.3 Å². The Balaban J connectivity index is 1.81. The van der Waals surface area contributed by atoms with Gasteiger partial charge in [-0.15, -0.1) is 0 Å². The maximum atomic E-state index is 13.1. The number of hydrogen-bond donors (Lipinski definition) is 2. The Morgan fingerprint density at radius 3 is 2.34 bits per heavy atom. The van der Waals surface area contributed by atoms with Gasteiger partial charge >= 0.3 is 24.6 Å². The van der Waals surface area contributed by atoms with E-state index in [1.54, 1.807) is 76.2 Å². The summed E-state index contributed by atoms with van der Waals surface area (Å²) in [5, 5.41) is 18.0. The van der Waals surface area contributed by atoms with Crippen LogP contribution in [0, 0.1) is 23.2 Å². The topological polar surface area (TPSA) is 186 Å². The van der Waals surface area contributed by atoms with Gasteiger partial charge in [-0.3, -0.25) is 14.4 Å². The fraction of sp³-hybridized carbons (Fsp3) is 0.452. The van der Waals surface area contributed by atoms with Crippen molar-refractivity contribution in [3.63, 3.8) is 0 Å². The third-order valence-electron chi connectivity index (χ3n) is 7.25. The number of carbonyl (C=O) groups excluding carboxylic acids is 3. The van der Waals surface area contributed by atoms with Gasteiger partial charge in [0.1, 0.15) is 30.6 Å². The van der Waals surface area contributed by atoms with Crippen molar-refractivity contribution in [1.82, 2.24) is 14.7 Å². The molecule has 16 heteroatoms. The van der Waals surface area contributed by atoms with Crippen LogP contribution in [0.3, 0.4) is 0 Å². The van der Waals surface area contributed by atoms with Crippen LogP contribution in [0.1, 0.15) is 46.4 Å². The first-order chi connectivity index (χ1) is 22.2. The fourth-order valence-corrected chi connectivity index (χ4v) is 7.11. The second-order valence-electron chi connectivity index (χ2n) is 11.5. The molecule has 3 heterocycles. The average molecular weight is 688 g/mol. The summed E-state index contributed by atoms with van der Waals surface area (Å²) in [5.74, 6) is -2.79. The van der Waals surface area contributed by atoms with E-state index in [9.17, 15) is 19.6 Å².